The summed E-state index contributed by atoms with van der Waals surface area (Å²) in [5.74, 6) is 0.499. The van der Waals surface area contributed by atoms with Crippen molar-refractivity contribution in [3.05, 3.63) is 0 Å². The summed E-state index contributed by atoms with van der Waals surface area (Å²) in [6, 6.07) is 0. The lowest BCUT2D eigenvalue weighted by Crippen LogP contribution is -2.27. The third kappa shape index (κ3) is 2.82. The first-order valence-electron chi connectivity index (χ1n) is 5.33. The van der Waals surface area contributed by atoms with Gasteiger partial charge in [-0.2, -0.15) is 0 Å². The highest BCUT2D eigenvalue weighted by Crippen LogP contribution is 2.28. The van der Waals surface area contributed by atoms with E-state index in [1.54, 1.807) is 0 Å². The first kappa shape index (κ1) is 11.2. The van der Waals surface area contributed by atoms with Crippen LogP contribution in [0.4, 0.5) is 0 Å². The predicted molar refractivity (Wildman–Crippen MR) is 52.8 cm³/mol. The van der Waals surface area contributed by atoms with E-state index >= 15 is 0 Å². The lowest BCUT2D eigenvalue weighted by atomic mass is 9.80. The zero-order chi connectivity index (χ0) is 10.6. The Morgan fingerprint density at radius 2 is 2.07 bits per heavy atom. The van der Waals surface area contributed by atoms with E-state index in [4.69, 9.17) is 4.74 Å². The molecule has 1 saturated carbocycles. The highest BCUT2D eigenvalue weighted by Gasteiger charge is 2.28. The van der Waals surface area contributed by atoms with Crippen LogP contribution in [-0.2, 0) is 14.3 Å². The van der Waals surface area contributed by atoms with E-state index in [0.717, 1.165) is 12.8 Å². The molecular formula is C11H18O3. The quantitative estimate of drug-likeness (QED) is 0.651. The summed E-state index contributed by atoms with van der Waals surface area (Å²) in [5.41, 5.74) is 0. The number of hydrogen-bond donors (Lipinski definition) is 0. The second-order valence-corrected chi connectivity index (χ2v) is 3.92. The van der Waals surface area contributed by atoms with Gasteiger partial charge in [-0.3, -0.25) is 9.59 Å². The molecular weight excluding hydrogens is 180 g/mol. The summed E-state index contributed by atoms with van der Waals surface area (Å²) in [6.45, 7) is 4.16. The highest BCUT2D eigenvalue weighted by molar-refractivity contribution is 5.79. The highest BCUT2D eigenvalue weighted by atomic mass is 16.5. The summed E-state index contributed by atoms with van der Waals surface area (Å²) >= 11 is 0. The lowest BCUT2D eigenvalue weighted by Gasteiger charge is -2.25. The molecule has 0 bridgehead atoms. The minimum atomic E-state index is -0.119. The molecule has 0 radical (unpaired) electrons. The van der Waals surface area contributed by atoms with E-state index in [1.165, 1.54) is 0 Å². The smallest absolute Gasteiger partial charge is 0.308 e. The van der Waals surface area contributed by atoms with Gasteiger partial charge in [-0.25, -0.2) is 0 Å². The fourth-order valence-electron chi connectivity index (χ4n) is 1.93. The van der Waals surface area contributed by atoms with Crippen LogP contribution < -0.4 is 0 Å². The van der Waals surface area contributed by atoms with E-state index in [-0.39, 0.29) is 11.9 Å². The molecule has 0 N–H and O–H groups in total. The number of ketones is 1. The topological polar surface area (TPSA) is 43.4 Å². The minimum Gasteiger partial charge on any atom is -0.466 e. The van der Waals surface area contributed by atoms with Crippen LogP contribution in [0.3, 0.4) is 0 Å². The number of carbonyl (C=O) groups is 2. The van der Waals surface area contributed by atoms with E-state index in [2.05, 4.69) is 0 Å². The van der Waals surface area contributed by atoms with Crippen molar-refractivity contribution in [1.29, 1.82) is 0 Å². The van der Waals surface area contributed by atoms with Gasteiger partial charge in [-0.1, -0.05) is 6.92 Å². The largest absolute Gasteiger partial charge is 0.466 e. The maximum Gasteiger partial charge on any atom is 0.308 e. The van der Waals surface area contributed by atoms with Crippen LogP contribution in [0.1, 0.15) is 39.5 Å². The van der Waals surface area contributed by atoms with Crippen molar-refractivity contribution in [3.8, 4) is 0 Å². The van der Waals surface area contributed by atoms with Crippen LogP contribution in [0.5, 0.6) is 0 Å². The van der Waals surface area contributed by atoms with Crippen molar-refractivity contribution < 1.29 is 14.3 Å². The van der Waals surface area contributed by atoms with Gasteiger partial charge in [0.15, 0.2) is 0 Å². The molecule has 1 aliphatic carbocycles. The van der Waals surface area contributed by atoms with Crippen LogP contribution >= 0.6 is 0 Å². The second-order valence-electron chi connectivity index (χ2n) is 3.92. The average molecular weight is 198 g/mol. The molecule has 80 valence electrons. The molecule has 1 aliphatic rings. The number of ether oxygens (including phenoxy) is 1. The molecule has 0 amide bonds. The van der Waals surface area contributed by atoms with Gasteiger partial charge in [0.1, 0.15) is 5.78 Å². The van der Waals surface area contributed by atoms with Crippen LogP contribution in [-0.4, -0.2) is 18.4 Å². The monoisotopic (exact) mass is 198 g/mol. The molecule has 0 saturated heterocycles. The van der Waals surface area contributed by atoms with Crippen molar-refractivity contribution in [1.82, 2.24) is 0 Å². The first-order chi connectivity index (χ1) is 6.65. The minimum absolute atomic E-state index is 0.0527. The third-order valence-electron chi connectivity index (χ3n) is 2.95. The van der Waals surface area contributed by atoms with Gasteiger partial charge in [-0.15, -0.1) is 0 Å². The van der Waals surface area contributed by atoms with Crippen molar-refractivity contribution >= 4 is 11.8 Å². The Morgan fingerprint density at radius 3 is 2.57 bits per heavy atom. The fourth-order valence-corrected chi connectivity index (χ4v) is 1.93. The standard InChI is InChI=1S/C11H18O3/c1-3-14-11(13)8(2)9-4-6-10(12)7-5-9/h8-9H,3-7H2,1-2H3/t8-/m0/s1. The molecule has 1 fully saturated rings. The molecule has 1 atom stereocenters. The SMILES string of the molecule is CCOC(=O)[C@@H](C)C1CCC(=O)CC1. The van der Waals surface area contributed by atoms with Gasteiger partial charge >= 0.3 is 5.97 Å². The van der Waals surface area contributed by atoms with E-state index in [9.17, 15) is 9.59 Å². The molecule has 0 heterocycles. The summed E-state index contributed by atoms with van der Waals surface area (Å²) in [5, 5.41) is 0. The molecule has 0 aromatic carbocycles. The van der Waals surface area contributed by atoms with Crippen molar-refractivity contribution in [2.24, 2.45) is 11.8 Å². The van der Waals surface area contributed by atoms with Gasteiger partial charge in [0.25, 0.3) is 0 Å². The van der Waals surface area contributed by atoms with E-state index in [0.29, 0.717) is 31.1 Å². The Balaban J connectivity index is 2.40. The zero-order valence-corrected chi connectivity index (χ0v) is 8.91. The number of rotatable bonds is 3. The van der Waals surface area contributed by atoms with Crippen LogP contribution in [0, 0.1) is 11.8 Å². The summed E-state index contributed by atoms with van der Waals surface area (Å²) in [6.07, 6.45) is 2.96. The van der Waals surface area contributed by atoms with E-state index in [1.807, 2.05) is 13.8 Å². The van der Waals surface area contributed by atoms with Crippen molar-refractivity contribution in [3.63, 3.8) is 0 Å². The summed E-state index contributed by atoms with van der Waals surface area (Å²) < 4.78 is 4.96. The predicted octanol–water partition coefficient (Wildman–Crippen LogP) is 1.94. The third-order valence-corrected chi connectivity index (χ3v) is 2.95. The molecule has 0 unspecified atom stereocenters. The fraction of sp³-hybridized carbons (Fsp3) is 0.818. The second kappa shape index (κ2) is 5.13. The van der Waals surface area contributed by atoms with Crippen molar-refractivity contribution in [2.75, 3.05) is 6.61 Å². The molecule has 14 heavy (non-hydrogen) atoms. The Kier molecular flexibility index (Phi) is 4.11. The Hall–Kier alpha value is -0.860. The number of hydrogen-bond acceptors (Lipinski definition) is 3. The van der Waals surface area contributed by atoms with Crippen molar-refractivity contribution in [2.45, 2.75) is 39.5 Å². The van der Waals surface area contributed by atoms with Gasteiger partial charge in [-0.05, 0) is 25.7 Å². The Morgan fingerprint density at radius 1 is 1.50 bits per heavy atom. The van der Waals surface area contributed by atoms with Gasteiger partial charge < -0.3 is 4.74 Å². The molecule has 0 aromatic rings. The van der Waals surface area contributed by atoms with Crippen LogP contribution in [0.15, 0.2) is 0 Å². The maximum absolute atomic E-state index is 11.4. The zero-order valence-electron chi connectivity index (χ0n) is 8.91. The maximum atomic E-state index is 11.4. The van der Waals surface area contributed by atoms with Gasteiger partial charge in [0, 0.05) is 12.8 Å². The summed E-state index contributed by atoms with van der Waals surface area (Å²) in [4.78, 5) is 22.4. The van der Waals surface area contributed by atoms with Gasteiger partial charge in [0.2, 0.25) is 0 Å². The summed E-state index contributed by atoms with van der Waals surface area (Å²) in [7, 11) is 0. The number of esters is 1. The normalized spacial score (nSPS) is 20.6. The van der Waals surface area contributed by atoms with Gasteiger partial charge in [0.05, 0.1) is 12.5 Å². The van der Waals surface area contributed by atoms with E-state index < -0.39 is 0 Å². The number of carbonyl (C=O) groups excluding carboxylic acids is 2. The number of Topliss-reactive ketones (excluding diaryl/α,β-unsaturated/α-hetero) is 1. The Labute approximate surface area is 84.8 Å². The average Bonchev–Trinajstić information content (AvgIpc) is 2.18. The van der Waals surface area contributed by atoms with Crippen LogP contribution in [0.2, 0.25) is 0 Å². The molecule has 3 heteroatoms. The molecule has 1 rings (SSSR count). The molecule has 0 aliphatic heterocycles. The lowest BCUT2D eigenvalue weighted by molar-refractivity contribution is -0.150. The molecule has 3 nitrogen and oxygen atoms in total. The molecule has 0 spiro atoms. The first-order valence-corrected chi connectivity index (χ1v) is 5.33. The Bertz CT molecular complexity index is 213. The molecule has 0 aromatic heterocycles. The van der Waals surface area contributed by atoms with Crippen LogP contribution in [0.25, 0.3) is 0 Å².